The Bertz CT molecular complexity index is 704. The van der Waals surface area contributed by atoms with Crippen molar-refractivity contribution in [1.82, 2.24) is 14.5 Å². The van der Waals surface area contributed by atoms with E-state index in [1.54, 1.807) is 12.3 Å². The van der Waals surface area contributed by atoms with E-state index in [0.717, 1.165) is 36.8 Å². The third-order valence-electron chi connectivity index (χ3n) is 4.53. The highest BCUT2D eigenvalue weighted by molar-refractivity contribution is 5.22. The molecule has 2 aromatic rings. The Hall–Kier alpha value is -2.14. The first-order valence-corrected chi connectivity index (χ1v) is 8.15. The Kier molecular flexibility index (Phi) is 4.76. The fourth-order valence-electron chi connectivity index (χ4n) is 3.02. The van der Waals surface area contributed by atoms with Crippen molar-refractivity contribution in [2.24, 2.45) is 5.92 Å². The molecule has 0 bridgehead atoms. The molecule has 3 rings (SSSR count). The van der Waals surface area contributed by atoms with Crippen LogP contribution >= 0.6 is 0 Å². The van der Waals surface area contributed by atoms with Crippen LogP contribution in [-0.2, 0) is 13.1 Å². The summed E-state index contributed by atoms with van der Waals surface area (Å²) >= 11 is 0. The lowest BCUT2D eigenvalue weighted by atomic mass is 9.99. The number of likely N-dealkylation sites (tertiary alicyclic amines) is 1. The van der Waals surface area contributed by atoms with Gasteiger partial charge >= 0.3 is 0 Å². The summed E-state index contributed by atoms with van der Waals surface area (Å²) in [4.78, 5) is 18.4. The summed E-state index contributed by atoms with van der Waals surface area (Å²) in [5.74, 6) is 0.577. The SMILES string of the molecule is CC1CCN(Cc2cc(=O)c(O)cn2Cc2cccnc2)CC1. The zero-order valence-electron chi connectivity index (χ0n) is 13.5. The van der Waals surface area contributed by atoms with Crippen molar-refractivity contribution in [3.8, 4) is 5.75 Å². The van der Waals surface area contributed by atoms with Gasteiger partial charge in [0.2, 0.25) is 5.43 Å². The first kappa shape index (κ1) is 15.7. The van der Waals surface area contributed by atoms with E-state index in [9.17, 15) is 9.90 Å². The van der Waals surface area contributed by atoms with Gasteiger partial charge in [-0.2, -0.15) is 0 Å². The van der Waals surface area contributed by atoms with Gasteiger partial charge in [-0.1, -0.05) is 13.0 Å². The van der Waals surface area contributed by atoms with E-state index in [4.69, 9.17) is 0 Å². The van der Waals surface area contributed by atoms with E-state index >= 15 is 0 Å². The molecule has 0 saturated carbocycles. The van der Waals surface area contributed by atoms with Gasteiger partial charge in [-0.25, -0.2) is 0 Å². The van der Waals surface area contributed by atoms with E-state index in [1.807, 2.05) is 22.9 Å². The second-order valence-electron chi connectivity index (χ2n) is 6.46. The molecule has 5 heteroatoms. The summed E-state index contributed by atoms with van der Waals surface area (Å²) < 4.78 is 1.95. The van der Waals surface area contributed by atoms with Gasteiger partial charge < -0.3 is 9.67 Å². The molecule has 23 heavy (non-hydrogen) atoms. The first-order chi connectivity index (χ1) is 11.1. The number of pyridine rings is 2. The van der Waals surface area contributed by atoms with Crippen LogP contribution < -0.4 is 5.43 Å². The summed E-state index contributed by atoms with van der Waals surface area (Å²) in [5.41, 5.74) is 1.67. The van der Waals surface area contributed by atoms with Gasteiger partial charge in [0.05, 0.1) is 6.20 Å². The summed E-state index contributed by atoms with van der Waals surface area (Å²) in [6.07, 6.45) is 7.48. The Balaban J connectivity index is 1.83. The monoisotopic (exact) mass is 313 g/mol. The maximum absolute atomic E-state index is 11.8. The topological polar surface area (TPSA) is 58.4 Å². The fraction of sp³-hybridized carbons (Fsp3) is 0.444. The standard InChI is InChI=1S/C18H23N3O2/c1-14-4-7-20(8-5-14)12-16-9-17(22)18(23)13-21(16)11-15-3-2-6-19-10-15/h2-3,6,9-10,13-14,23H,4-5,7-8,11-12H2,1H3. The second-order valence-corrected chi connectivity index (χ2v) is 6.46. The molecule has 0 radical (unpaired) electrons. The van der Waals surface area contributed by atoms with E-state index < -0.39 is 0 Å². The number of hydrogen-bond acceptors (Lipinski definition) is 4. The van der Waals surface area contributed by atoms with Crippen LogP contribution in [0.4, 0.5) is 0 Å². The van der Waals surface area contributed by atoms with Gasteiger partial charge in [0.15, 0.2) is 5.75 Å². The molecule has 0 spiro atoms. The predicted octanol–water partition coefficient (Wildman–Crippen LogP) is 2.23. The third-order valence-corrected chi connectivity index (χ3v) is 4.53. The lowest BCUT2D eigenvalue weighted by Gasteiger charge is -2.31. The second kappa shape index (κ2) is 6.96. The molecule has 0 aliphatic carbocycles. The molecule has 1 fully saturated rings. The normalized spacial score (nSPS) is 16.6. The van der Waals surface area contributed by atoms with Gasteiger partial charge in [0.1, 0.15) is 0 Å². The fourth-order valence-corrected chi connectivity index (χ4v) is 3.02. The van der Waals surface area contributed by atoms with Crippen LogP contribution in [0.2, 0.25) is 0 Å². The van der Waals surface area contributed by atoms with Gasteiger partial charge in [-0.3, -0.25) is 14.7 Å². The summed E-state index contributed by atoms with van der Waals surface area (Å²) in [6.45, 7) is 5.74. The van der Waals surface area contributed by atoms with Crippen LogP contribution in [0.5, 0.6) is 5.75 Å². The highest BCUT2D eigenvalue weighted by Gasteiger charge is 2.17. The molecule has 1 N–H and O–H groups in total. The molecule has 1 aliphatic rings. The lowest BCUT2D eigenvalue weighted by Crippen LogP contribution is -2.33. The van der Waals surface area contributed by atoms with Crippen molar-refractivity contribution in [3.63, 3.8) is 0 Å². The predicted molar refractivity (Wildman–Crippen MR) is 89.4 cm³/mol. The van der Waals surface area contributed by atoms with E-state index in [-0.39, 0.29) is 11.2 Å². The average molecular weight is 313 g/mol. The largest absolute Gasteiger partial charge is 0.503 e. The van der Waals surface area contributed by atoms with Crippen molar-refractivity contribution in [1.29, 1.82) is 0 Å². The van der Waals surface area contributed by atoms with Gasteiger partial charge in [-0.15, -0.1) is 0 Å². The molecule has 1 aliphatic heterocycles. The number of rotatable bonds is 4. The number of aromatic nitrogens is 2. The molecule has 0 unspecified atom stereocenters. The number of nitrogens with zero attached hydrogens (tertiary/aromatic N) is 3. The molecule has 122 valence electrons. The Morgan fingerprint density at radius 2 is 2.09 bits per heavy atom. The van der Waals surface area contributed by atoms with E-state index in [2.05, 4.69) is 16.8 Å². The van der Waals surface area contributed by atoms with Crippen LogP contribution in [0.15, 0.2) is 41.6 Å². The first-order valence-electron chi connectivity index (χ1n) is 8.15. The van der Waals surface area contributed by atoms with Crippen LogP contribution in [0.25, 0.3) is 0 Å². The van der Waals surface area contributed by atoms with Crippen LogP contribution in [0.3, 0.4) is 0 Å². The van der Waals surface area contributed by atoms with Crippen molar-refractivity contribution in [2.75, 3.05) is 13.1 Å². The van der Waals surface area contributed by atoms with Crippen molar-refractivity contribution in [3.05, 3.63) is 58.3 Å². The number of piperidine rings is 1. The van der Waals surface area contributed by atoms with Gasteiger partial charge in [0.25, 0.3) is 0 Å². The molecule has 2 aromatic heterocycles. The molecule has 0 amide bonds. The summed E-state index contributed by atoms with van der Waals surface area (Å²) in [7, 11) is 0. The van der Waals surface area contributed by atoms with Crippen molar-refractivity contribution < 1.29 is 5.11 Å². The quantitative estimate of drug-likeness (QED) is 0.940. The average Bonchev–Trinajstić information content (AvgIpc) is 2.55. The highest BCUT2D eigenvalue weighted by atomic mass is 16.3. The molecule has 1 saturated heterocycles. The molecular formula is C18H23N3O2. The maximum atomic E-state index is 11.8. The maximum Gasteiger partial charge on any atom is 0.223 e. The Morgan fingerprint density at radius 3 is 2.78 bits per heavy atom. The summed E-state index contributed by atoms with van der Waals surface area (Å²) in [5, 5.41) is 9.78. The summed E-state index contributed by atoms with van der Waals surface area (Å²) in [6, 6.07) is 5.45. The molecule has 5 nitrogen and oxygen atoms in total. The number of aromatic hydroxyl groups is 1. The van der Waals surface area contributed by atoms with Crippen molar-refractivity contribution in [2.45, 2.75) is 32.9 Å². The minimum absolute atomic E-state index is 0.204. The lowest BCUT2D eigenvalue weighted by molar-refractivity contribution is 0.181. The van der Waals surface area contributed by atoms with E-state index in [0.29, 0.717) is 6.54 Å². The Labute approximate surface area is 136 Å². The Morgan fingerprint density at radius 1 is 1.30 bits per heavy atom. The zero-order valence-corrected chi connectivity index (χ0v) is 13.5. The van der Waals surface area contributed by atoms with Crippen LogP contribution in [0, 0.1) is 5.92 Å². The molecule has 0 atom stereocenters. The minimum Gasteiger partial charge on any atom is -0.503 e. The van der Waals surface area contributed by atoms with Crippen molar-refractivity contribution >= 4 is 0 Å². The zero-order chi connectivity index (χ0) is 16.2. The molecule has 0 aromatic carbocycles. The highest BCUT2D eigenvalue weighted by Crippen LogP contribution is 2.18. The van der Waals surface area contributed by atoms with Gasteiger partial charge in [0, 0.05) is 37.2 Å². The molecule has 3 heterocycles. The van der Waals surface area contributed by atoms with E-state index in [1.165, 1.54) is 19.0 Å². The third kappa shape index (κ3) is 3.99. The minimum atomic E-state index is -0.312. The number of hydrogen-bond donors (Lipinski definition) is 1. The van der Waals surface area contributed by atoms with Gasteiger partial charge in [-0.05, 0) is 43.5 Å². The molecular weight excluding hydrogens is 290 g/mol. The van der Waals surface area contributed by atoms with Crippen LogP contribution in [0.1, 0.15) is 31.0 Å². The smallest absolute Gasteiger partial charge is 0.223 e. The van der Waals surface area contributed by atoms with Crippen LogP contribution in [-0.4, -0.2) is 32.6 Å².